The molecule has 0 aliphatic carbocycles. The van der Waals surface area contributed by atoms with Crippen molar-refractivity contribution < 1.29 is 0 Å². The number of likely N-dealkylation sites (tertiary alicyclic amines) is 1. The molecule has 1 fully saturated rings. The minimum absolute atomic E-state index is 0.524. The Hall–Kier alpha value is -1.13. The van der Waals surface area contributed by atoms with Gasteiger partial charge in [0.05, 0.1) is 11.7 Å². The van der Waals surface area contributed by atoms with E-state index in [0.29, 0.717) is 6.04 Å². The maximum atomic E-state index is 4.35. The number of aryl methyl sites for hydroxylation is 3. The highest BCUT2D eigenvalue weighted by molar-refractivity contribution is 7.12. The van der Waals surface area contributed by atoms with Crippen molar-refractivity contribution in [3.05, 3.63) is 39.3 Å². The maximum absolute atomic E-state index is 4.35. The second-order valence-electron chi connectivity index (χ2n) is 5.80. The normalized spacial score (nSPS) is 20.4. The molecule has 0 N–H and O–H groups in total. The molecule has 3 nitrogen and oxygen atoms in total. The van der Waals surface area contributed by atoms with Gasteiger partial charge in [0.15, 0.2) is 0 Å². The maximum Gasteiger partial charge on any atom is 0.0552 e. The first kappa shape index (κ1) is 13.8. The Kier molecular flexibility index (Phi) is 3.94. The summed E-state index contributed by atoms with van der Waals surface area (Å²) in [6, 6.07) is 5.06. The van der Waals surface area contributed by atoms with E-state index in [9.17, 15) is 0 Å². The van der Waals surface area contributed by atoms with E-state index < -0.39 is 0 Å². The smallest absolute Gasteiger partial charge is 0.0552 e. The molecule has 0 bridgehead atoms. The molecule has 108 valence electrons. The van der Waals surface area contributed by atoms with Gasteiger partial charge >= 0.3 is 0 Å². The molecule has 0 aromatic carbocycles. The van der Waals surface area contributed by atoms with Gasteiger partial charge in [0, 0.05) is 29.5 Å². The Morgan fingerprint density at radius 2 is 2.20 bits per heavy atom. The standard InChI is InChI=1S/C16H23N3S/c1-12-10-14(13(2)20-12)11-19-9-5-4-6-16(19)15-7-8-17-18(15)3/h7-8,10,16H,4-6,9,11H2,1-3H3/t16-/m1/s1. The first-order valence-electron chi connectivity index (χ1n) is 7.43. The molecule has 20 heavy (non-hydrogen) atoms. The summed E-state index contributed by atoms with van der Waals surface area (Å²) >= 11 is 1.92. The summed E-state index contributed by atoms with van der Waals surface area (Å²) in [6.45, 7) is 6.72. The predicted molar refractivity (Wildman–Crippen MR) is 84.0 cm³/mol. The van der Waals surface area contributed by atoms with Crippen LogP contribution in [0.25, 0.3) is 0 Å². The lowest BCUT2D eigenvalue weighted by atomic mass is 9.98. The lowest BCUT2D eigenvalue weighted by molar-refractivity contribution is 0.134. The van der Waals surface area contributed by atoms with Crippen molar-refractivity contribution >= 4 is 11.3 Å². The molecule has 1 aliphatic rings. The number of hydrogen-bond donors (Lipinski definition) is 0. The zero-order valence-electron chi connectivity index (χ0n) is 12.6. The third kappa shape index (κ3) is 2.67. The summed E-state index contributed by atoms with van der Waals surface area (Å²) in [4.78, 5) is 5.53. The number of piperidine rings is 1. The molecule has 1 aliphatic heterocycles. The van der Waals surface area contributed by atoms with Crippen LogP contribution >= 0.6 is 11.3 Å². The van der Waals surface area contributed by atoms with Crippen molar-refractivity contribution in [2.75, 3.05) is 6.54 Å². The SMILES string of the molecule is Cc1cc(CN2CCCC[C@@H]2c2ccnn2C)c(C)s1. The van der Waals surface area contributed by atoms with Crippen molar-refractivity contribution in [2.24, 2.45) is 7.05 Å². The third-order valence-electron chi connectivity index (χ3n) is 4.33. The van der Waals surface area contributed by atoms with E-state index in [1.807, 2.05) is 22.2 Å². The quantitative estimate of drug-likeness (QED) is 0.856. The Morgan fingerprint density at radius 1 is 1.35 bits per heavy atom. The summed E-state index contributed by atoms with van der Waals surface area (Å²) < 4.78 is 2.04. The van der Waals surface area contributed by atoms with Gasteiger partial charge in [-0.05, 0) is 50.9 Å². The van der Waals surface area contributed by atoms with Gasteiger partial charge in [-0.25, -0.2) is 0 Å². The Bertz CT molecular complexity index is 584. The number of hydrogen-bond acceptors (Lipinski definition) is 3. The van der Waals surface area contributed by atoms with Crippen molar-refractivity contribution in [2.45, 2.75) is 45.7 Å². The zero-order chi connectivity index (χ0) is 14.1. The average Bonchev–Trinajstić information content (AvgIpc) is 2.97. The largest absolute Gasteiger partial charge is 0.290 e. The third-order valence-corrected chi connectivity index (χ3v) is 5.34. The van der Waals surface area contributed by atoms with Crippen LogP contribution in [0.3, 0.4) is 0 Å². The van der Waals surface area contributed by atoms with E-state index in [4.69, 9.17) is 0 Å². The van der Waals surface area contributed by atoms with Crippen LogP contribution in [0.4, 0.5) is 0 Å². The van der Waals surface area contributed by atoms with Gasteiger partial charge in [0.1, 0.15) is 0 Å². The topological polar surface area (TPSA) is 21.1 Å². The molecule has 0 spiro atoms. The fourth-order valence-corrected chi connectivity index (χ4v) is 4.22. The van der Waals surface area contributed by atoms with E-state index >= 15 is 0 Å². The van der Waals surface area contributed by atoms with Crippen molar-refractivity contribution in [1.29, 1.82) is 0 Å². The molecular weight excluding hydrogens is 266 g/mol. The van der Waals surface area contributed by atoms with Gasteiger partial charge in [-0.3, -0.25) is 9.58 Å². The Balaban J connectivity index is 1.82. The van der Waals surface area contributed by atoms with Gasteiger partial charge in [-0.15, -0.1) is 11.3 Å². The van der Waals surface area contributed by atoms with Crippen LogP contribution in [0.5, 0.6) is 0 Å². The molecule has 1 saturated heterocycles. The number of thiophene rings is 1. The van der Waals surface area contributed by atoms with Crippen LogP contribution in [0.1, 0.15) is 46.3 Å². The Morgan fingerprint density at radius 3 is 2.85 bits per heavy atom. The number of nitrogens with zero attached hydrogens (tertiary/aromatic N) is 3. The van der Waals surface area contributed by atoms with Crippen LogP contribution in [0.15, 0.2) is 18.3 Å². The van der Waals surface area contributed by atoms with Crippen LogP contribution in [0.2, 0.25) is 0 Å². The molecule has 0 unspecified atom stereocenters. The molecule has 0 amide bonds. The fourth-order valence-electron chi connectivity index (χ4n) is 3.29. The zero-order valence-corrected chi connectivity index (χ0v) is 13.4. The monoisotopic (exact) mass is 289 g/mol. The summed E-state index contributed by atoms with van der Waals surface area (Å²) in [5.74, 6) is 0. The first-order valence-corrected chi connectivity index (χ1v) is 8.24. The van der Waals surface area contributed by atoms with E-state index in [1.165, 1.54) is 46.8 Å². The van der Waals surface area contributed by atoms with Gasteiger partial charge in [-0.1, -0.05) is 6.42 Å². The summed E-state index contributed by atoms with van der Waals surface area (Å²) in [7, 11) is 2.06. The second-order valence-corrected chi connectivity index (χ2v) is 7.26. The number of rotatable bonds is 3. The molecule has 0 radical (unpaired) electrons. The molecule has 4 heteroatoms. The molecule has 1 atom stereocenters. The second kappa shape index (κ2) is 5.70. The average molecular weight is 289 g/mol. The van der Waals surface area contributed by atoms with Crippen molar-refractivity contribution in [1.82, 2.24) is 14.7 Å². The molecule has 3 heterocycles. The van der Waals surface area contributed by atoms with Crippen LogP contribution in [-0.2, 0) is 13.6 Å². The van der Waals surface area contributed by atoms with Gasteiger partial charge in [-0.2, -0.15) is 5.10 Å². The molecule has 2 aromatic rings. The van der Waals surface area contributed by atoms with Crippen molar-refractivity contribution in [3.63, 3.8) is 0 Å². The van der Waals surface area contributed by atoms with Gasteiger partial charge in [0.25, 0.3) is 0 Å². The summed E-state index contributed by atoms with van der Waals surface area (Å²) in [6.07, 6.45) is 5.81. The molecule has 0 saturated carbocycles. The van der Waals surface area contributed by atoms with E-state index in [2.05, 4.69) is 43.0 Å². The van der Waals surface area contributed by atoms with E-state index in [-0.39, 0.29) is 0 Å². The van der Waals surface area contributed by atoms with E-state index in [0.717, 1.165) is 6.54 Å². The van der Waals surface area contributed by atoms with Crippen LogP contribution in [-0.4, -0.2) is 21.2 Å². The molecule has 2 aromatic heterocycles. The lowest BCUT2D eigenvalue weighted by Crippen LogP contribution is -2.34. The first-order chi connectivity index (χ1) is 9.65. The van der Waals surface area contributed by atoms with Crippen molar-refractivity contribution in [3.8, 4) is 0 Å². The van der Waals surface area contributed by atoms with Crippen LogP contribution < -0.4 is 0 Å². The fraction of sp³-hybridized carbons (Fsp3) is 0.562. The highest BCUT2D eigenvalue weighted by atomic mass is 32.1. The Labute approximate surface area is 125 Å². The minimum atomic E-state index is 0.524. The van der Waals surface area contributed by atoms with Gasteiger partial charge < -0.3 is 0 Å². The minimum Gasteiger partial charge on any atom is -0.290 e. The van der Waals surface area contributed by atoms with E-state index in [1.54, 1.807) is 0 Å². The summed E-state index contributed by atoms with van der Waals surface area (Å²) in [5, 5.41) is 4.35. The molecule has 3 rings (SSSR count). The highest BCUT2D eigenvalue weighted by Crippen LogP contribution is 2.33. The predicted octanol–water partition coefficient (Wildman–Crippen LogP) is 3.83. The molecular formula is C16H23N3S. The summed E-state index contributed by atoms with van der Waals surface area (Å²) in [5.41, 5.74) is 2.86. The number of aromatic nitrogens is 2. The lowest BCUT2D eigenvalue weighted by Gasteiger charge is -2.35. The highest BCUT2D eigenvalue weighted by Gasteiger charge is 2.26. The van der Waals surface area contributed by atoms with Crippen LogP contribution in [0, 0.1) is 13.8 Å². The van der Waals surface area contributed by atoms with Gasteiger partial charge in [0.2, 0.25) is 0 Å².